The summed E-state index contributed by atoms with van der Waals surface area (Å²) in [4.78, 5) is 0. The molecule has 4 atom stereocenters. The highest BCUT2D eigenvalue weighted by Crippen LogP contribution is 2.72. The summed E-state index contributed by atoms with van der Waals surface area (Å²) in [5, 5.41) is 0.106. The molecule has 2 heterocycles. The van der Waals surface area contributed by atoms with Gasteiger partial charge < -0.3 is 4.52 Å². The van der Waals surface area contributed by atoms with Crippen LogP contribution in [0.4, 0.5) is 0 Å². The summed E-state index contributed by atoms with van der Waals surface area (Å²) in [6.07, 6.45) is 0.885. The molecule has 0 spiro atoms. The Balaban J connectivity index is 2.15. The van der Waals surface area contributed by atoms with Crippen LogP contribution in [0.1, 0.15) is 20.3 Å². The van der Waals surface area contributed by atoms with Gasteiger partial charge in [-0.1, -0.05) is 37.0 Å². The van der Waals surface area contributed by atoms with E-state index in [2.05, 4.69) is 13.8 Å². The molecule has 0 amide bonds. The topological polar surface area (TPSA) is 43.4 Å². The van der Waals surface area contributed by atoms with Gasteiger partial charge in [-0.05, 0) is 6.42 Å². The highest BCUT2D eigenvalue weighted by Gasteiger charge is 2.50. The third-order valence-corrected chi connectivity index (χ3v) is 13.0. The quantitative estimate of drug-likeness (QED) is 0.727. The third-order valence-electron chi connectivity index (χ3n) is 2.95. The van der Waals surface area contributed by atoms with Gasteiger partial charge in [-0.2, -0.15) is 0 Å². The van der Waals surface area contributed by atoms with E-state index < -0.39 is 15.3 Å². The maximum Gasteiger partial charge on any atom is 0.154 e. The summed E-state index contributed by atoms with van der Waals surface area (Å²) >= 11 is 7.22. The van der Waals surface area contributed by atoms with Gasteiger partial charge in [0.1, 0.15) is 5.47 Å². The van der Waals surface area contributed by atoms with Gasteiger partial charge in [0.15, 0.2) is 9.84 Å². The van der Waals surface area contributed by atoms with E-state index in [-0.39, 0.29) is 22.9 Å². The minimum absolute atomic E-state index is 0.106. The van der Waals surface area contributed by atoms with Crippen molar-refractivity contribution >= 4 is 38.5 Å². The molecule has 0 aromatic heterocycles. The van der Waals surface area contributed by atoms with Crippen molar-refractivity contribution in [1.29, 1.82) is 0 Å². The summed E-state index contributed by atoms with van der Waals surface area (Å²) in [7, 11) is -2.86. The Labute approximate surface area is 100 Å². The summed E-state index contributed by atoms with van der Waals surface area (Å²) < 4.78 is 28.6. The molecule has 7 heteroatoms. The Morgan fingerprint density at radius 3 is 2.80 bits per heavy atom. The fourth-order valence-electron chi connectivity index (χ4n) is 1.81. The minimum Gasteiger partial charge on any atom is -0.336 e. The Morgan fingerprint density at radius 2 is 2.27 bits per heavy atom. The van der Waals surface area contributed by atoms with E-state index in [1.165, 1.54) is 0 Å². The summed E-state index contributed by atoms with van der Waals surface area (Å²) in [6.45, 7) is 4.22. The van der Waals surface area contributed by atoms with Crippen LogP contribution in [0.2, 0.25) is 0 Å². The van der Waals surface area contributed by atoms with Crippen molar-refractivity contribution in [3.8, 4) is 0 Å². The van der Waals surface area contributed by atoms with Gasteiger partial charge in [-0.15, -0.1) is 0 Å². The first-order valence-electron chi connectivity index (χ1n) is 5.03. The lowest BCUT2D eigenvalue weighted by atomic mass is 10.3. The third kappa shape index (κ3) is 2.29. The van der Waals surface area contributed by atoms with Gasteiger partial charge in [-0.3, -0.25) is 0 Å². The molecule has 0 radical (unpaired) electrons. The Bertz CT molecular complexity index is 381. The summed E-state index contributed by atoms with van der Waals surface area (Å²) in [5.74, 6) is 0.441. The average Bonchev–Trinajstić information content (AvgIpc) is 2.53. The first-order valence-corrected chi connectivity index (χ1v) is 11.1. The molecule has 0 N–H and O–H groups in total. The van der Waals surface area contributed by atoms with E-state index in [1.807, 2.05) is 0 Å². The van der Waals surface area contributed by atoms with Crippen molar-refractivity contribution in [1.82, 2.24) is 0 Å². The molecule has 0 aromatic carbocycles. The Kier molecular flexibility index (Phi) is 3.29. The predicted molar refractivity (Wildman–Crippen MR) is 68.9 cm³/mol. The number of hydrogen-bond donors (Lipinski definition) is 0. The fourth-order valence-corrected chi connectivity index (χ4v) is 12.2. The normalized spacial score (nSPS) is 45.2. The maximum absolute atomic E-state index is 11.4. The minimum atomic E-state index is -2.86. The van der Waals surface area contributed by atoms with Gasteiger partial charge in [0.25, 0.3) is 0 Å². The van der Waals surface area contributed by atoms with Crippen LogP contribution < -0.4 is 0 Å². The van der Waals surface area contributed by atoms with Crippen LogP contribution in [0.15, 0.2) is 0 Å². The zero-order chi connectivity index (χ0) is 11.3. The van der Waals surface area contributed by atoms with Crippen LogP contribution in [0, 0.1) is 0 Å². The summed E-state index contributed by atoms with van der Waals surface area (Å²) in [6, 6.07) is 0. The van der Waals surface area contributed by atoms with Crippen LogP contribution in [0.25, 0.3) is 0 Å². The molecular weight excluding hydrogens is 271 g/mol. The van der Waals surface area contributed by atoms with Gasteiger partial charge >= 0.3 is 0 Å². The SMILES string of the molecule is CC[C@H](C)[P@@]1(=S)O[C@@H]2CS(=O)(=O)C[C@@H]2S1. The molecule has 88 valence electrons. The second-order valence-corrected chi connectivity index (χ2v) is 13.9. The largest absolute Gasteiger partial charge is 0.336 e. The Morgan fingerprint density at radius 1 is 1.60 bits per heavy atom. The molecule has 15 heavy (non-hydrogen) atoms. The van der Waals surface area contributed by atoms with E-state index in [9.17, 15) is 8.42 Å². The van der Waals surface area contributed by atoms with Crippen LogP contribution in [-0.2, 0) is 26.2 Å². The number of fused-ring (bicyclic) bond motifs is 1. The van der Waals surface area contributed by atoms with E-state index in [1.54, 1.807) is 11.4 Å². The van der Waals surface area contributed by atoms with Crippen LogP contribution >= 0.6 is 16.8 Å². The highest BCUT2D eigenvalue weighted by atomic mass is 32.9. The molecule has 2 rings (SSSR count). The number of sulfone groups is 1. The molecule has 2 aliphatic rings. The average molecular weight is 286 g/mol. The molecule has 0 saturated carbocycles. The molecular formula is C8H15O3PS3. The van der Waals surface area contributed by atoms with Gasteiger partial charge in [-0.25, -0.2) is 8.42 Å². The maximum atomic E-state index is 11.4. The first kappa shape index (κ1) is 12.4. The van der Waals surface area contributed by atoms with Crippen molar-refractivity contribution < 1.29 is 12.9 Å². The predicted octanol–water partition coefficient (Wildman–Crippen LogP) is 2.02. The van der Waals surface area contributed by atoms with E-state index in [0.29, 0.717) is 5.66 Å². The zero-order valence-corrected chi connectivity index (χ0v) is 12.1. The van der Waals surface area contributed by atoms with E-state index >= 15 is 0 Å². The van der Waals surface area contributed by atoms with Crippen molar-refractivity contribution in [2.24, 2.45) is 0 Å². The monoisotopic (exact) mass is 286 g/mol. The first-order chi connectivity index (χ1) is 6.86. The molecule has 2 fully saturated rings. The van der Waals surface area contributed by atoms with Crippen molar-refractivity contribution in [2.45, 2.75) is 37.3 Å². The summed E-state index contributed by atoms with van der Waals surface area (Å²) in [5.41, 5.74) is -1.42. The van der Waals surface area contributed by atoms with Crippen molar-refractivity contribution in [3.63, 3.8) is 0 Å². The molecule has 0 unspecified atom stereocenters. The smallest absolute Gasteiger partial charge is 0.154 e. The van der Waals surface area contributed by atoms with E-state index in [0.717, 1.165) is 6.42 Å². The van der Waals surface area contributed by atoms with Gasteiger partial charge in [0, 0.05) is 5.66 Å². The van der Waals surface area contributed by atoms with Crippen LogP contribution in [0.5, 0.6) is 0 Å². The molecule has 0 aliphatic carbocycles. The zero-order valence-electron chi connectivity index (χ0n) is 8.75. The highest BCUT2D eigenvalue weighted by molar-refractivity contribution is 8.70. The lowest BCUT2D eigenvalue weighted by molar-refractivity contribution is 0.272. The van der Waals surface area contributed by atoms with Gasteiger partial charge in [0.2, 0.25) is 0 Å². The Hall–Kier alpha value is 0.910. The van der Waals surface area contributed by atoms with E-state index in [4.69, 9.17) is 16.3 Å². The molecule has 3 nitrogen and oxygen atoms in total. The molecule has 2 saturated heterocycles. The molecule has 2 aliphatic heterocycles. The molecule has 0 aromatic rings. The van der Waals surface area contributed by atoms with Crippen molar-refractivity contribution in [2.75, 3.05) is 11.5 Å². The van der Waals surface area contributed by atoms with Crippen LogP contribution in [-0.4, -0.2) is 36.9 Å². The van der Waals surface area contributed by atoms with Gasteiger partial charge in [0.05, 0.1) is 22.9 Å². The standard InChI is InChI=1S/C8H15O3PS3/c1-3-6(2)12(13)11-7-4-15(9,10)5-8(7)14-12/h6-8H,3-5H2,1-2H3/t6-,7+,8-,12-/m0/s1. The lowest BCUT2D eigenvalue weighted by Crippen LogP contribution is -2.16. The second kappa shape index (κ2) is 3.98. The van der Waals surface area contributed by atoms with Crippen LogP contribution in [0.3, 0.4) is 0 Å². The number of hydrogen-bond acceptors (Lipinski definition) is 5. The number of rotatable bonds is 2. The van der Waals surface area contributed by atoms with Crippen molar-refractivity contribution in [3.05, 3.63) is 0 Å². The lowest BCUT2D eigenvalue weighted by Gasteiger charge is -2.22. The molecule has 0 bridgehead atoms. The second-order valence-electron chi connectivity index (χ2n) is 4.16. The fraction of sp³-hybridized carbons (Fsp3) is 1.00.